The zero-order valence-corrected chi connectivity index (χ0v) is 7.22. The Kier molecular flexibility index (Phi) is 1.78. The third-order valence-electron chi connectivity index (χ3n) is 2.39. The Hall–Kier alpha value is -0.790. The van der Waals surface area contributed by atoms with Gasteiger partial charge < -0.3 is 5.11 Å². The Morgan fingerprint density at radius 3 is 2.36 bits per heavy atom. The van der Waals surface area contributed by atoms with Gasteiger partial charge in [-0.05, 0) is 11.8 Å². The van der Waals surface area contributed by atoms with Crippen LogP contribution in [0.3, 0.4) is 0 Å². The summed E-state index contributed by atoms with van der Waals surface area (Å²) in [6.45, 7) is 5.87. The zero-order valence-electron chi connectivity index (χ0n) is 7.22. The van der Waals surface area contributed by atoms with E-state index in [-0.39, 0.29) is 17.1 Å². The fraction of sp³-hybridized carbons (Fsp3) is 0.667. The second-order valence-electron chi connectivity index (χ2n) is 3.90. The maximum absolute atomic E-state index is 11.3. The summed E-state index contributed by atoms with van der Waals surface area (Å²) in [6, 6.07) is 0. The molecule has 1 rings (SSSR count). The van der Waals surface area contributed by atoms with Gasteiger partial charge in [0.2, 0.25) is 0 Å². The first kappa shape index (κ1) is 8.31. The van der Waals surface area contributed by atoms with Crippen LogP contribution in [0, 0.1) is 11.3 Å². The first-order chi connectivity index (χ1) is 4.99. The van der Waals surface area contributed by atoms with Crippen molar-refractivity contribution in [1.82, 2.24) is 0 Å². The smallest absolute Gasteiger partial charge is 0.165 e. The van der Waals surface area contributed by atoms with Crippen LogP contribution in [-0.4, -0.2) is 10.9 Å². The topological polar surface area (TPSA) is 37.3 Å². The highest BCUT2D eigenvalue weighted by atomic mass is 16.2. The minimum Gasteiger partial charge on any atom is -0.515 e. The van der Waals surface area contributed by atoms with Crippen LogP contribution < -0.4 is 0 Å². The summed E-state index contributed by atoms with van der Waals surface area (Å²) in [7, 11) is 0. The minimum atomic E-state index is -0.134. The van der Waals surface area contributed by atoms with Crippen molar-refractivity contribution in [3.8, 4) is 0 Å². The highest BCUT2D eigenvalue weighted by molar-refractivity contribution is 6.00. The summed E-state index contributed by atoms with van der Waals surface area (Å²) >= 11 is 0. The summed E-state index contributed by atoms with van der Waals surface area (Å²) in [4.78, 5) is 11.3. The number of aliphatic hydroxyl groups excluding tert-OH is 1. The number of carbonyl (C=O) groups excluding carboxylic acids is 1. The molecule has 0 spiro atoms. The van der Waals surface area contributed by atoms with E-state index in [0.29, 0.717) is 5.57 Å². The molecular weight excluding hydrogens is 140 g/mol. The van der Waals surface area contributed by atoms with Crippen molar-refractivity contribution >= 4 is 5.78 Å². The summed E-state index contributed by atoms with van der Waals surface area (Å²) in [5.41, 5.74) is 0.440. The van der Waals surface area contributed by atoms with E-state index in [0.717, 1.165) is 12.7 Å². The van der Waals surface area contributed by atoms with E-state index in [1.54, 1.807) is 0 Å². The lowest BCUT2D eigenvalue weighted by Gasteiger charge is -2.16. The van der Waals surface area contributed by atoms with E-state index >= 15 is 0 Å². The van der Waals surface area contributed by atoms with Crippen molar-refractivity contribution in [2.24, 2.45) is 11.3 Å². The molecule has 1 N–H and O–H groups in total. The number of hydrogen-bond donors (Lipinski definition) is 1. The average molecular weight is 154 g/mol. The van der Waals surface area contributed by atoms with E-state index in [1.165, 1.54) is 0 Å². The number of ketones is 1. The van der Waals surface area contributed by atoms with Gasteiger partial charge in [-0.1, -0.05) is 20.8 Å². The van der Waals surface area contributed by atoms with Crippen molar-refractivity contribution < 1.29 is 9.90 Å². The summed E-state index contributed by atoms with van der Waals surface area (Å²) in [5.74, 6) is 0.167. The summed E-state index contributed by atoms with van der Waals surface area (Å²) in [6.07, 6.45) is 1.81. The lowest BCUT2D eigenvalue weighted by atomic mass is 9.87. The van der Waals surface area contributed by atoms with Crippen molar-refractivity contribution in [3.05, 3.63) is 11.8 Å². The van der Waals surface area contributed by atoms with Gasteiger partial charge in [0.15, 0.2) is 5.78 Å². The van der Waals surface area contributed by atoms with Gasteiger partial charge in [-0.15, -0.1) is 0 Å². The molecule has 0 bridgehead atoms. The fourth-order valence-electron chi connectivity index (χ4n) is 1.81. The van der Waals surface area contributed by atoms with Gasteiger partial charge in [0.1, 0.15) is 0 Å². The van der Waals surface area contributed by atoms with Gasteiger partial charge in [0.25, 0.3) is 0 Å². The molecular formula is C9H14O2. The highest BCUT2D eigenvalue weighted by Crippen LogP contribution is 2.42. The molecule has 0 radical (unpaired) electrons. The Bertz CT molecular complexity index is 214. The van der Waals surface area contributed by atoms with Gasteiger partial charge in [0.05, 0.1) is 6.26 Å². The molecule has 11 heavy (non-hydrogen) atoms. The Balaban J connectivity index is 3.01. The number of hydrogen-bond acceptors (Lipinski definition) is 2. The van der Waals surface area contributed by atoms with E-state index in [9.17, 15) is 4.79 Å². The van der Waals surface area contributed by atoms with Gasteiger partial charge in [0, 0.05) is 11.5 Å². The SMILES string of the molecule is CC1CC(C)(C)/C(=C/O)C1=O. The summed E-state index contributed by atoms with van der Waals surface area (Å²) in [5, 5.41) is 8.81. The quantitative estimate of drug-likeness (QED) is 0.428. The molecule has 1 atom stereocenters. The molecule has 1 fully saturated rings. The predicted octanol–water partition coefficient (Wildman–Crippen LogP) is 2.06. The van der Waals surface area contributed by atoms with E-state index in [1.807, 2.05) is 20.8 Å². The van der Waals surface area contributed by atoms with Gasteiger partial charge in [-0.2, -0.15) is 0 Å². The number of allylic oxidation sites excluding steroid dienone is 1. The number of carbonyl (C=O) groups is 1. The third kappa shape index (κ3) is 1.17. The van der Waals surface area contributed by atoms with Gasteiger partial charge in [-0.3, -0.25) is 4.79 Å². The van der Waals surface area contributed by atoms with E-state index in [4.69, 9.17) is 5.11 Å². The van der Waals surface area contributed by atoms with Crippen LogP contribution in [0.1, 0.15) is 27.2 Å². The van der Waals surface area contributed by atoms with Crippen LogP contribution in [0.25, 0.3) is 0 Å². The molecule has 1 aliphatic rings. The third-order valence-corrected chi connectivity index (χ3v) is 2.39. The molecule has 62 valence electrons. The molecule has 1 saturated carbocycles. The maximum atomic E-state index is 11.3. The fourth-order valence-corrected chi connectivity index (χ4v) is 1.81. The second-order valence-corrected chi connectivity index (χ2v) is 3.90. The molecule has 0 saturated heterocycles. The lowest BCUT2D eigenvalue weighted by Crippen LogP contribution is -2.10. The van der Waals surface area contributed by atoms with E-state index in [2.05, 4.69) is 0 Å². The summed E-state index contributed by atoms with van der Waals surface area (Å²) < 4.78 is 0. The molecule has 0 aromatic carbocycles. The number of Topliss-reactive ketones (excluding diaryl/α,β-unsaturated/α-hetero) is 1. The molecule has 1 aliphatic carbocycles. The number of rotatable bonds is 0. The molecule has 0 aromatic heterocycles. The molecule has 0 aromatic rings. The maximum Gasteiger partial charge on any atom is 0.165 e. The van der Waals surface area contributed by atoms with Crippen LogP contribution >= 0.6 is 0 Å². The molecule has 0 aliphatic heterocycles. The molecule has 0 heterocycles. The Labute approximate surface area is 66.9 Å². The van der Waals surface area contributed by atoms with Crippen LogP contribution in [-0.2, 0) is 4.79 Å². The largest absolute Gasteiger partial charge is 0.515 e. The lowest BCUT2D eigenvalue weighted by molar-refractivity contribution is -0.117. The Morgan fingerprint density at radius 2 is 2.18 bits per heavy atom. The van der Waals surface area contributed by atoms with Crippen LogP contribution in [0.15, 0.2) is 11.8 Å². The van der Waals surface area contributed by atoms with E-state index < -0.39 is 0 Å². The monoisotopic (exact) mass is 154 g/mol. The molecule has 2 nitrogen and oxygen atoms in total. The second kappa shape index (κ2) is 2.36. The molecule has 1 unspecified atom stereocenters. The highest BCUT2D eigenvalue weighted by Gasteiger charge is 2.40. The van der Waals surface area contributed by atoms with Crippen LogP contribution in [0.4, 0.5) is 0 Å². The number of aliphatic hydroxyl groups is 1. The first-order valence-corrected chi connectivity index (χ1v) is 3.88. The minimum absolute atomic E-state index is 0.0726. The molecule has 2 heteroatoms. The normalized spacial score (nSPS) is 33.2. The first-order valence-electron chi connectivity index (χ1n) is 3.88. The van der Waals surface area contributed by atoms with Crippen molar-refractivity contribution in [1.29, 1.82) is 0 Å². The van der Waals surface area contributed by atoms with Gasteiger partial charge in [-0.25, -0.2) is 0 Å². The molecule has 0 amide bonds. The average Bonchev–Trinajstić information content (AvgIpc) is 2.03. The Morgan fingerprint density at radius 1 is 1.64 bits per heavy atom. The van der Waals surface area contributed by atoms with Crippen molar-refractivity contribution in [3.63, 3.8) is 0 Å². The predicted molar refractivity (Wildman–Crippen MR) is 43.3 cm³/mol. The van der Waals surface area contributed by atoms with Crippen molar-refractivity contribution in [2.75, 3.05) is 0 Å². The zero-order chi connectivity index (χ0) is 8.65. The van der Waals surface area contributed by atoms with Crippen molar-refractivity contribution in [2.45, 2.75) is 27.2 Å². The standard InChI is InChI=1S/C9H14O2/c1-6-4-9(2,3)7(5-10)8(6)11/h5-6,10H,4H2,1-3H3/b7-5+. The van der Waals surface area contributed by atoms with Gasteiger partial charge >= 0.3 is 0 Å². The van der Waals surface area contributed by atoms with Crippen LogP contribution in [0.5, 0.6) is 0 Å². The van der Waals surface area contributed by atoms with Crippen LogP contribution in [0.2, 0.25) is 0 Å².